The van der Waals surface area contributed by atoms with Gasteiger partial charge in [-0.1, -0.05) is 13.8 Å². The molecule has 20 heavy (non-hydrogen) atoms. The molecule has 1 aliphatic heterocycles. The maximum Gasteiger partial charge on any atom is 0.318 e. The van der Waals surface area contributed by atoms with Crippen molar-refractivity contribution in [1.82, 2.24) is 10.2 Å². The highest BCUT2D eigenvalue weighted by molar-refractivity contribution is 5.91. The van der Waals surface area contributed by atoms with E-state index >= 15 is 0 Å². The van der Waals surface area contributed by atoms with E-state index < -0.39 is 5.54 Å². The molecule has 114 valence electrons. The van der Waals surface area contributed by atoms with Gasteiger partial charge in [-0.15, -0.1) is 0 Å². The summed E-state index contributed by atoms with van der Waals surface area (Å²) in [6, 6.07) is -0.0401. The van der Waals surface area contributed by atoms with Gasteiger partial charge in [0.2, 0.25) is 0 Å². The molecular formula is C15H28N4O. The van der Waals surface area contributed by atoms with Crippen molar-refractivity contribution in [3.63, 3.8) is 0 Å². The number of amidine groups is 1. The number of piperidine rings is 1. The fourth-order valence-electron chi connectivity index (χ4n) is 3.21. The molecule has 1 saturated heterocycles. The number of likely N-dealkylation sites (tertiary alicyclic amines) is 1. The number of carbonyl (C=O) groups is 1. The molecule has 2 fully saturated rings. The summed E-state index contributed by atoms with van der Waals surface area (Å²) in [5.41, 5.74) is 5.19. The number of nitrogens with zero attached hydrogens (tertiary/aromatic N) is 1. The van der Waals surface area contributed by atoms with Crippen LogP contribution >= 0.6 is 0 Å². The Morgan fingerprint density at radius 2 is 1.65 bits per heavy atom. The second-order valence-electron chi connectivity index (χ2n) is 6.78. The Bertz CT molecular complexity index is 366. The van der Waals surface area contributed by atoms with Crippen molar-refractivity contribution in [1.29, 1.82) is 5.41 Å². The van der Waals surface area contributed by atoms with Gasteiger partial charge >= 0.3 is 6.03 Å². The predicted molar refractivity (Wildman–Crippen MR) is 80.8 cm³/mol. The number of nitrogens with two attached hydrogens (primary N) is 1. The van der Waals surface area contributed by atoms with Crippen molar-refractivity contribution in [3.05, 3.63) is 0 Å². The summed E-state index contributed by atoms with van der Waals surface area (Å²) >= 11 is 0. The topological polar surface area (TPSA) is 82.2 Å². The molecule has 0 spiro atoms. The summed E-state index contributed by atoms with van der Waals surface area (Å²) in [7, 11) is 0. The maximum atomic E-state index is 12.4. The number of rotatable bonds is 2. The summed E-state index contributed by atoms with van der Waals surface area (Å²) in [6.07, 6.45) is 5.77. The average molecular weight is 280 g/mol. The van der Waals surface area contributed by atoms with E-state index in [4.69, 9.17) is 11.1 Å². The number of hydrogen-bond acceptors (Lipinski definition) is 2. The second kappa shape index (κ2) is 6.02. The Labute approximate surface area is 121 Å². The van der Waals surface area contributed by atoms with Crippen LogP contribution in [0.1, 0.15) is 52.4 Å². The summed E-state index contributed by atoms with van der Waals surface area (Å²) in [4.78, 5) is 14.3. The fourth-order valence-corrected chi connectivity index (χ4v) is 3.21. The van der Waals surface area contributed by atoms with Gasteiger partial charge in [-0.2, -0.15) is 0 Å². The van der Waals surface area contributed by atoms with E-state index in [1.807, 2.05) is 4.90 Å². The van der Waals surface area contributed by atoms with Crippen LogP contribution in [0.2, 0.25) is 0 Å². The Kier molecular flexibility index (Phi) is 4.55. The number of amides is 2. The van der Waals surface area contributed by atoms with Crippen LogP contribution in [0, 0.1) is 17.2 Å². The monoisotopic (exact) mass is 280 g/mol. The molecule has 0 aromatic rings. The zero-order valence-electron chi connectivity index (χ0n) is 12.7. The van der Waals surface area contributed by atoms with Gasteiger partial charge in [-0.25, -0.2) is 4.79 Å². The van der Waals surface area contributed by atoms with E-state index in [9.17, 15) is 4.79 Å². The lowest BCUT2D eigenvalue weighted by Crippen LogP contribution is -2.61. The molecule has 1 heterocycles. The minimum absolute atomic E-state index is 0.0401. The second-order valence-corrected chi connectivity index (χ2v) is 6.78. The molecule has 5 nitrogen and oxygen atoms in total. The summed E-state index contributed by atoms with van der Waals surface area (Å²) in [6.45, 7) is 6.08. The predicted octanol–water partition coefficient (Wildman–Crippen LogP) is 2.31. The van der Waals surface area contributed by atoms with Gasteiger partial charge in [0.05, 0.1) is 5.54 Å². The van der Waals surface area contributed by atoms with Gasteiger partial charge in [0.15, 0.2) is 0 Å². The Hall–Kier alpha value is -1.26. The van der Waals surface area contributed by atoms with E-state index in [1.54, 1.807) is 0 Å². The SMILES string of the molecule is CC1CCN(C(=O)NC2(C(=N)N)CCC(C)CC2)CC1. The van der Waals surface area contributed by atoms with Gasteiger partial charge in [-0.05, 0) is 50.4 Å². The Morgan fingerprint density at radius 3 is 2.15 bits per heavy atom. The average Bonchev–Trinajstić information content (AvgIpc) is 2.42. The van der Waals surface area contributed by atoms with E-state index in [1.165, 1.54) is 0 Å². The first-order valence-corrected chi connectivity index (χ1v) is 7.84. The van der Waals surface area contributed by atoms with Gasteiger partial charge < -0.3 is 16.0 Å². The number of hydrogen-bond donors (Lipinski definition) is 3. The lowest BCUT2D eigenvalue weighted by Gasteiger charge is -2.41. The van der Waals surface area contributed by atoms with Gasteiger partial charge in [0.25, 0.3) is 0 Å². The third kappa shape index (κ3) is 3.25. The van der Waals surface area contributed by atoms with Crippen LogP contribution in [0.25, 0.3) is 0 Å². The third-order valence-corrected chi connectivity index (χ3v) is 5.06. The van der Waals surface area contributed by atoms with Crippen LogP contribution in [0.4, 0.5) is 4.79 Å². The molecule has 0 aromatic heterocycles. The van der Waals surface area contributed by atoms with Gasteiger partial charge in [0.1, 0.15) is 5.84 Å². The van der Waals surface area contributed by atoms with Crippen LogP contribution in [0.15, 0.2) is 0 Å². The standard InChI is InChI=1S/C15H28N4O/c1-11-3-7-15(8-4-11,13(16)17)18-14(20)19-9-5-12(2)6-10-19/h11-12H,3-10H2,1-2H3,(H3,16,17)(H,18,20). The normalized spacial score (nSPS) is 31.9. The van der Waals surface area contributed by atoms with Crippen molar-refractivity contribution in [2.24, 2.45) is 17.6 Å². The minimum Gasteiger partial charge on any atom is -0.386 e. The van der Waals surface area contributed by atoms with Gasteiger partial charge in [-0.3, -0.25) is 5.41 Å². The third-order valence-electron chi connectivity index (χ3n) is 5.06. The highest BCUT2D eigenvalue weighted by Crippen LogP contribution is 2.32. The molecule has 4 N–H and O–H groups in total. The molecule has 5 heteroatoms. The first kappa shape index (κ1) is 15.1. The van der Waals surface area contributed by atoms with Crippen molar-refractivity contribution in [2.75, 3.05) is 13.1 Å². The quantitative estimate of drug-likeness (QED) is 0.536. The van der Waals surface area contributed by atoms with Crippen molar-refractivity contribution < 1.29 is 4.79 Å². The fraction of sp³-hybridized carbons (Fsp3) is 0.867. The largest absolute Gasteiger partial charge is 0.386 e. The smallest absolute Gasteiger partial charge is 0.318 e. The molecule has 2 amide bonds. The molecule has 0 aromatic carbocycles. The first-order valence-electron chi connectivity index (χ1n) is 7.84. The summed E-state index contributed by atoms with van der Waals surface area (Å²) in [5, 5.41) is 11.0. The molecule has 0 unspecified atom stereocenters. The minimum atomic E-state index is -0.605. The Morgan fingerprint density at radius 1 is 1.15 bits per heavy atom. The van der Waals surface area contributed by atoms with Crippen LogP contribution in [0.3, 0.4) is 0 Å². The maximum absolute atomic E-state index is 12.4. The molecule has 2 rings (SSSR count). The molecule has 2 aliphatic rings. The van der Waals surface area contributed by atoms with Crippen LogP contribution < -0.4 is 11.1 Å². The van der Waals surface area contributed by atoms with Crippen molar-refractivity contribution in [3.8, 4) is 0 Å². The van der Waals surface area contributed by atoms with E-state index in [0.29, 0.717) is 11.8 Å². The highest BCUT2D eigenvalue weighted by Gasteiger charge is 2.39. The lowest BCUT2D eigenvalue weighted by atomic mass is 9.76. The molecule has 1 saturated carbocycles. The summed E-state index contributed by atoms with van der Waals surface area (Å²) < 4.78 is 0. The highest BCUT2D eigenvalue weighted by atomic mass is 16.2. The zero-order chi connectivity index (χ0) is 14.8. The van der Waals surface area contributed by atoms with Crippen LogP contribution in [-0.4, -0.2) is 35.4 Å². The number of nitrogens with one attached hydrogen (secondary N) is 2. The number of carbonyl (C=O) groups excluding carboxylic acids is 1. The van der Waals surface area contributed by atoms with E-state index in [0.717, 1.165) is 51.6 Å². The number of urea groups is 1. The molecule has 0 radical (unpaired) electrons. The molecular weight excluding hydrogens is 252 g/mol. The van der Waals surface area contributed by atoms with Crippen molar-refractivity contribution in [2.45, 2.75) is 57.9 Å². The van der Waals surface area contributed by atoms with Crippen molar-refractivity contribution >= 4 is 11.9 Å². The van der Waals surface area contributed by atoms with E-state index in [-0.39, 0.29) is 11.9 Å². The Balaban J connectivity index is 1.98. The van der Waals surface area contributed by atoms with Gasteiger partial charge in [0, 0.05) is 13.1 Å². The molecule has 1 aliphatic carbocycles. The van der Waals surface area contributed by atoms with E-state index in [2.05, 4.69) is 19.2 Å². The zero-order valence-corrected chi connectivity index (χ0v) is 12.7. The molecule has 0 atom stereocenters. The first-order chi connectivity index (χ1) is 9.43. The van der Waals surface area contributed by atoms with Crippen LogP contribution in [-0.2, 0) is 0 Å². The molecule has 0 bridgehead atoms. The summed E-state index contributed by atoms with van der Waals surface area (Å²) in [5.74, 6) is 1.48. The lowest BCUT2D eigenvalue weighted by molar-refractivity contribution is 0.158. The van der Waals surface area contributed by atoms with Crippen LogP contribution in [0.5, 0.6) is 0 Å².